The molecule has 2 aliphatic rings. The van der Waals surface area contributed by atoms with E-state index in [0.717, 1.165) is 19.3 Å². The van der Waals surface area contributed by atoms with Crippen molar-refractivity contribution in [3.05, 3.63) is 16.6 Å². The lowest BCUT2D eigenvalue weighted by atomic mass is 9.69. The maximum atomic E-state index is 12.4. The van der Waals surface area contributed by atoms with E-state index in [1.807, 2.05) is 4.90 Å². The first-order chi connectivity index (χ1) is 10.9. The molecule has 1 amide bonds. The number of rotatable bonds is 3. The molecular formula is C14H21N3O4S2. The zero-order chi connectivity index (χ0) is 16.5. The first kappa shape index (κ1) is 16.8. The van der Waals surface area contributed by atoms with Crippen molar-refractivity contribution in [2.45, 2.75) is 25.3 Å². The topological polar surface area (TPSA) is 88.6 Å². The lowest BCUT2D eigenvalue weighted by Crippen LogP contribution is -2.57. The second kappa shape index (κ2) is 6.46. The predicted octanol–water partition coefficient (Wildman–Crippen LogP) is 0.704. The fraction of sp³-hybridized carbons (Fsp3) is 0.714. The van der Waals surface area contributed by atoms with Crippen LogP contribution in [0.25, 0.3) is 0 Å². The molecule has 0 bridgehead atoms. The van der Waals surface area contributed by atoms with Crippen LogP contribution in [-0.4, -0.2) is 62.8 Å². The van der Waals surface area contributed by atoms with E-state index in [2.05, 4.69) is 9.71 Å². The number of amides is 1. The number of thiazole rings is 1. The van der Waals surface area contributed by atoms with Crippen LogP contribution >= 0.6 is 11.3 Å². The van der Waals surface area contributed by atoms with Gasteiger partial charge < -0.3 is 9.64 Å². The van der Waals surface area contributed by atoms with Gasteiger partial charge in [-0.05, 0) is 24.7 Å². The molecule has 1 N–H and O–H groups in total. The Kier molecular flexibility index (Phi) is 4.73. The molecule has 0 unspecified atom stereocenters. The third kappa shape index (κ3) is 3.73. The van der Waals surface area contributed by atoms with Crippen LogP contribution in [0.2, 0.25) is 0 Å². The molecule has 1 aromatic rings. The van der Waals surface area contributed by atoms with Gasteiger partial charge in [0, 0.05) is 25.1 Å². The molecule has 0 aliphatic carbocycles. The second-order valence-corrected chi connectivity index (χ2v) is 8.79. The van der Waals surface area contributed by atoms with Crippen LogP contribution in [0.1, 0.15) is 29.8 Å². The molecule has 23 heavy (non-hydrogen) atoms. The Morgan fingerprint density at radius 2 is 2.17 bits per heavy atom. The van der Waals surface area contributed by atoms with Gasteiger partial charge in [-0.3, -0.25) is 4.79 Å². The number of sulfonamides is 1. The number of nitrogens with zero attached hydrogens (tertiary/aromatic N) is 2. The summed E-state index contributed by atoms with van der Waals surface area (Å²) in [7, 11) is -3.28. The summed E-state index contributed by atoms with van der Waals surface area (Å²) in [5.41, 5.74) is 2.02. The Bertz CT molecular complexity index is 652. The fourth-order valence-corrected chi connectivity index (χ4v) is 4.84. The van der Waals surface area contributed by atoms with Gasteiger partial charge in [0.2, 0.25) is 10.0 Å². The van der Waals surface area contributed by atoms with Crippen LogP contribution in [0.5, 0.6) is 0 Å². The Hall–Kier alpha value is -1.03. The van der Waals surface area contributed by atoms with Crippen LogP contribution in [0, 0.1) is 5.41 Å². The Morgan fingerprint density at radius 3 is 2.78 bits per heavy atom. The average molecular weight is 359 g/mol. The number of nitrogens with one attached hydrogen (secondary N) is 1. The summed E-state index contributed by atoms with van der Waals surface area (Å²) in [6.07, 6.45) is 3.55. The van der Waals surface area contributed by atoms with Crippen molar-refractivity contribution in [3.63, 3.8) is 0 Å². The van der Waals surface area contributed by atoms with Crippen molar-refractivity contribution in [3.8, 4) is 0 Å². The molecule has 0 aromatic carbocycles. The quantitative estimate of drug-likeness (QED) is 0.858. The van der Waals surface area contributed by atoms with E-state index in [-0.39, 0.29) is 17.4 Å². The highest BCUT2D eigenvalue weighted by Crippen LogP contribution is 2.41. The lowest BCUT2D eigenvalue weighted by Gasteiger charge is -2.48. The third-order valence-electron chi connectivity index (χ3n) is 4.82. The van der Waals surface area contributed by atoms with Gasteiger partial charge in [0.1, 0.15) is 5.69 Å². The summed E-state index contributed by atoms with van der Waals surface area (Å²) < 4.78 is 31.4. The number of hydrogen-bond donors (Lipinski definition) is 1. The molecule has 1 aromatic heterocycles. The molecule has 0 radical (unpaired) electrons. The Balaban J connectivity index is 1.69. The van der Waals surface area contributed by atoms with E-state index in [0.29, 0.717) is 32.0 Å². The molecule has 9 heteroatoms. The van der Waals surface area contributed by atoms with E-state index in [1.165, 1.54) is 17.6 Å². The fourth-order valence-electron chi connectivity index (χ4n) is 3.48. The number of aromatic nitrogens is 1. The molecule has 3 heterocycles. The van der Waals surface area contributed by atoms with E-state index >= 15 is 0 Å². The number of carbonyl (C=O) groups excluding carboxylic acids is 1. The van der Waals surface area contributed by atoms with Gasteiger partial charge in [-0.15, -0.1) is 11.3 Å². The van der Waals surface area contributed by atoms with Crippen LogP contribution in [0.15, 0.2) is 10.9 Å². The van der Waals surface area contributed by atoms with E-state index < -0.39 is 10.0 Å². The smallest absolute Gasteiger partial charge is 0.273 e. The monoisotopic (exact) mass is 359 g/mol. The van der Waals surface area contributed by atoms with E-state index in [4.69, 9.17) is 4.74 Å². The highest BCUT2D eigenvalue weighted by Gasteiger charge is 2.45. The molecule has 3 rings (SSSR count). The van der Waals surface area contributed by atoms with Gasteiger partial charge in [-0.25, -0.2) is 18.1 Å². The van der Waals surface area contributed by atoms with Crippen LogP contribution < -0.4 is 4.72 Å². The number of carbonyl (C=O) groups is 1. The number of hydrogen-bond acceptors (Lipinski definition) is 6. The molecule has 128 valence electrons. The van der Waals surface area contributed by atoms with Gasteiger partial charge in [-0.1, -0.05) is 0 Å². The second-order valence-electron chi connectivity index (χ2n) is 6.30. The zero-order valence-corrected chi connectivity index (χ0v) is 14.7. The largest absolute Gasteiger partial charge is 0.380 e. The number of ether oxygens (including phenoxy) is 1. The molecule has 0 saturated carbocycles. The molecule has 2 aliphatic heterocycles. The summed E-state index contributed by atoms with van der Waals surface area (Å²) in [5.74, 6) is -0.0409. The van der Waals surface area contributed by atoms with Crippen molar-refractivity contribution in [2.75, 3.05) is 32.6 Å². The van der Waals surface area contributed by atoms with Crippen molar-refractivity contribution in [2.24, 2.45) is 5.41 Å². The SMILES string of the molecule is CS(=O)(=O)N[C@H]1COCCC12CCN(C(=O)c1cscn1)CC2. The molecular weight excluding hydrogens is 338 g/mol. The maximum absolute atomic E-state index is 12.4. The number of piperidine rings is 1. The first-order valence-corrected chi connectivity index (χ1v) is 10.5. The standard InChI is InChI=1S/C14H21N3O4S2/c1-23(19,20)16-12-8-21-7-4-14(12)2-5-17(6-3-14)13(18)11-9-22-10-15-11/h9-10,12,16H,2-8H2,1H3/t12-/m0/s1. The van der Waals surface area contributed by atoms with Crippen molar-refractivity contribution < 1.29 is 17.9 Å². The zero-order valence-electron chi connectivity index (χ0n) is 13.0. The number of likely N-dealkylation sites (tertiary alicyclic amines) is 1. The maximum Gasteiger partial charge on any atom is 0.273 e. The first-order valence-electron chi connectivity index (χ1n) is 7.62. The highest BCUT2D eigenvalue weighted by atomic mass is 32.2. The van der Waals surface area contributed by atoms with Gasteiger partial charge in [-0.2, -0.15) is 0 Å². The van der Waals surface area contributed by atoms with E-state index in [1.54, 1.807) is 10.9 Å². The molecule has 1 atom stereocenters. The highest BCUT2D eigenvalue weighted by molar-refractivity contribution is 7.88. The molecule has 1 spiro atoms. The third-order valence-corrected chi connectivity index (χ3v) is 6.12. The Morgan fingerprint density at radius 1 is 1.43 bits per heavy atom. The van der Waals surface area contributed by atoms with Gasteiger partial charge in [0.15, 0.2) is 0 Å². The van der Waals surface area contributed by atoms with Crippen molar-refractivity contribution >= 4 is 27.3 Å². The lowest BCUT2D eigenvalue weighted by molar-refractivity contribution is -0.0400. The predicted molar refractivity (Wildman–Crippen MR) is 86.9 cm³/mol. The van der Waals surface area contributed by atoms with Crippen LogP contribution in [-0.2, 0) is 14.8 Å². The average Bonchev–Trinajstić information content (AvgIpc) is 3.03. The van der Waals surface area contributed by atoms with Crippen molar-refractivity contribution in [1.82, 2.24) is 14.6 Å². The minimum atomic E-state index is -3.28. The molecule has 2 fully saturated rings. The molecule has 2 saturated heterocycles. The van der Waals surface area contributed by atoms with Crippen molar-refractivity contribution in [1.29, 1.82) is 0 Å². The summed E-state index contributed by atoms with van der Waals surface area (Å²) in [6, 6.07) is -0.220. The minimum Gasteiger partial charge on any atom is -0.380 e. The van der Waals surface area contributed by atoms with E-state index in [9.17, 15) is 13.2 Å². The van der Waals surface area contributed by atoms with Gasteiger partial charge >= 0.3 is 0 Å². The normalized spacial score (nSPS) is 24.7. The van der Waals surface area contributed by atoms with Gasteiger partial charge in [0.05, 0.1) is 24.4 Å². The van der Waals surface area contributed by atoms with Crippen LogP contribution in [0.4, 0.5) is 0 Å². The summed E-state index contributed by atoms with van der Waals surface area (Å²) in [5, 5.41) is 1.76. The minimum absolute atomic E-state index is 0.0409. The molecule has 7 nitrogen and oxygen atoms in total. The van der Waals surface area contributed by atoms with Gasteiger partial charge in [0.25, 0.3) is 5.91 Å². The summed E-state index contributed by atoms with van der Waals surface area (Å²) >= 11 is 1.41. The summed E-state index contributed by atoms with van der Waals surface area (Å²) in [4.78, 5) is 18.3. The Labute approximate surface area is 140 Å². The van der Waals surface area contributed by atoms with Crippen LogP contribution in [0.3, 0.4) is 0 Å². The summed E-state index contributed by atoms with van der Waals surface area (Å²) in [6.45, 7) is 2.28.